The van der Waals surface area contributed by atoms with Crippen molar-refractivity contribution in [1.29, 1.82) is 0 Å². The maximum Gasteiger partial charge on any atom is 0.287 e. The van der Waals surface area contributed by atoms with Crippen LogP contribution in [-0.2, 0) is 0 Å². The van der Waals surface area contributed by atoms with Crippen LogP contribution >= 0.6 is 11.6 Å². The molecule has 0 aliphatic carbocycles. The van der Waals surface area contributed by atoms with Gasteiger partial charge in [-0.1, -0.05) is 60.1 Å². The first-order valence-corrected chi connectivity index (χ1v) is 10.4. The molecule has 0 N–H and O–H groups in total. The quantitative estimate of drug-likeness (QED) is 0.227. The van der Waals surface area contributed by atoms with Crippen molar-refractivity contribution in [3.8, 4) is 0 Å². The molecule has 0 saturated heterocycles. The van der Waals surface area contributed by atoms with E-state index in [2.05, 4.69) is 0 Å². The van der Waals surface area contributed by atoms with Gasteiger partial charge in [-0.2, -0.15) is 5.01 Å². The Morgan fingerprint density at radius 1 is 0.941 bits per heavy atom. The van der Waals surface area contributed by atoms with Crippen molar-refractivity contribution in [2.24, 2.45) is 0 Å². The van der Waals surface area contributed by atoms with Crippen LogP contribution in [0.5, 0.6) is 0 Å². The Morgan fingerprint density at radius 3 is 2.24 bits per heavy atom. The molecule has 1 aliphatic heterocycles. The first kappa shape index (κ1) is 22.8. The molecule has 3 aromatic rings. The number of hydrogen-bond acceptors (Lipinski definition) is 6. The maximum absolute atomic E-state index is 13.6. The fraction of sp³-hybridized carbons (Fsp3) is 0.0833. The molecule has 0 bridgehead atoms. The molecule has 9 nitrogen and oxygen atoms in total. The van der Waals surface area contributed by atoms with Gasteiger partial charge in [-0.25, -0.2) is 5.01 Å². The summed E-state index contributed by atoms with van der Waals surface area (Å²) in [6, 6.07) is 16.3. The molecule has 34 heavy (non-hydrogen) atoms. The van der Waals surface area contributed by atoms with Gasteiger partial charge in [0.05, 0.1) is 21.1 Å². The van der Waals surface area contributed by atoms with E-state index in [1.54, 1.807) is 24.3 Å². The Labute approximate surface area is 198 Å². The van der Waals surface area contributed by atoms with Crippen molar-refractivity contribution >= 4 is 40.8 Å². The predicted octanol–water partition coefficient (Wildman–Crippen LogP) is 4.17. The number of carbonyl (C=O) groups excluding carboxylic acids is 4. The molecule has 0 fully saturated rings. The molecule has 3 amide bonds. The number of hydrogen-bond donors (Lipinski definition) is 0. The highest BCUT2D eigenvalue weighted by Gasteiger charge is 2.48. The summed E-state index contributed by atoms with van der Waals surface area (Å²) in [5, 5.41) is 12.7. The smallest absolute Gasteiger partial charge is 0.287 e. The Bertz CT molecular complexity index is 1360. The Hall–Kier alpha value is -4.37. The molecule has 4 rings (SSSR count). The zero-order valence-electron chi connectivity index (χ0n) is 17.7. The molecule has 3 aromatic carbocycles. The van der Waals surface area contributed by atoms with Crippen molar-refractivity contribution in [3.05, 3.63) is 110 Å². The minimum atomic E-state index is -1.33. The van der Waals surface area contributed by atoms with Gasteiger partial charge in [0.15, 0.2) is 5.78 Å². The third-order valence-corrected chi connectivity index (χ3v) is 5.73. The number of ketones is 1. The topological polar surface area (TPSA) is 118 Å². The third-order valence-electron chi connectivity index (χ3n) is 5.40. The van der Waals surface area contributed by atoms with Crippen LogP contribution < -0.4 is 0 Å². The molecule has 0 spiro atoms. The highest BCUT2D eigenvalue weighted by Crippen LogP contribution is 2.33. The van der Waals surface area contributed by atoms with Crippen LogP contribution in [0.1, 0.15) is 48.4 Å². The number of nitro groups is 1. The van der Waals surface area contributed by atoms with Gasteiger partial charge in [0.2, 0.25) is 0 Å². The van der Waals surface area contributed by atoms with Crippen LogP contribution in [0, 0.1) is 10.1 Å². The Kier molecular flexibility index (Phi) is 5.95. The monoisotopic (exact) mass is 477 g/mol. The minimum absolute atomic E-state index is 0.0412. The largest absolute Gasteiger partial charge is 0.292 e. The normalized spacial score (nSPS) is 13.4. The van der Waals surface area contributed by atoms with Crippen LogP contribution in [0.4, 0.5) is 5.69 Å². The number of imide groups is 1. The third kappa shape index (κ3) is 3.71. The van der Waals surface area contributed by atoms with E-state index in [-0.39, 0.29) is 21.7 Å². The van der Waals surface area contributed by atoms with Crippen molar-refractivity contribution in [3.63, 3.8) is 0 Å². The first-order valence-electron chi connectivity index (χ1n) is 10.1. The van der Waals surface area contributed by atoms with Gasteiger partial charge >= 0.3 is 0 Å². The summed E-state index contributed by atoms with van der Waals surface area (Å²) >= 11 is 6.19. The molecule has 0 radical (unpaired) electrons. The standard InChI is InChI=1S/C24H16ClN3O6/c1-14(21(29)15-8-3-2-4-9-15)26(22(30)16-10-5-6-12-18(16)25)27-23(31)17-11-7-13-19(28(33)34)20(17)24(27)32/h2-14H,1H3/t14-/m1/s1. The van der Waals surface area contributed by atoms with Crippen molar-refractivity contribution in [1.82, 2.24) is 10.0 Å². The zero-order chi connectivity index (χ0) is 24.6. The molecule has 10 heteroatoms. The SMILES string of the molecule is C[C@H](C(=O)c1ccccc1)N(C(=O)c1ccccc1Cl)N1C(=O)c2cccc([N+](=O)[O-])c2C1=O. The second-order valence-corrected chi connectivity index (χ2v) is 7.82. The molecule has 1 heterocycles. The van der Waals surface area contributed by atoms with Crippen LogP contribution in [0.2, 0.25) is 5.02 Å². The number of nitro benzene ring substituents is 1. The lowest BCUT2D eigenvalue weighted by Gasteiger charge is -2.34. The van der Waals surface area contributed by atoms with Crippen molar-refractivity contribution < 1.29 is 24.1 Å². The number of halogens is 1. The zero-order valence-corrected chi connectivity index (χ0v) is 18.4. The van der Waals surface area contributed by atoms with Gasteiger partial charge in [0.25, 0.3) is 23.4 Å². The van der Waals surface area contributed by atoms with E-state index in [4.69, 9.17) is 11.6 Å². The van der Waals surface area contributed by atoms with E-state index in [9.17, 15) is 29.3 Å². The second kappa shape index (κ2) is 8.87. The number of carbonyl (C=O) groups is 4. The highest BCUT2D eigenvalue weighted by atomic mass is 35.5. The van der Waals surface area contributed by atoms with Crippen LogP contribution in [0.3, 0.4) is 0 Å². The van der Waals surface area contributed by atoms with Gasteiger partial charge in [-0.3, -0.25) is 29.3 Å². The summed E-state index contributed by atoms with van der Waals surface area (Å²) in [5.41, 5.74) is -1.08. The molecular formula is C24H16ClN3O6. The number of Topliss-reactive ketones (excluding diaryl/α,β-unsaturated/α-hetero) is 1. The molecular weight excluding hydrogens is 462 g/mol. The summed E-state index contributed by atoms with van der Waals surface area (Å²) in [7, 11) is 0. The van der Waals surface area contributed by atoms with Crippen molar-refractivity contribution in [2.45, 2.75) is 13.0 Å². The lowest BCUT2D eigenvalue weighted by atomic mass is 10.0. The minimum Gasteiger partial charge on any atom is -0.292 e. The average Bonchev–Trinajstić information content (AvgIpc) is 3.09. The molecule has 0 saturated carbocycles. The van der Waals surface area contributed by atoms with Crippen LogP contribution in [0.15, 0.2) is 72.8 Å². The van der Waals surface area contributed by atoms with E-state index >= 15 is 0 Å². The lowest BCUT2D eigenvalue weighted by Crippen LogP contribution is -2.56. The first-order chi connectivity index (χ1) is 16.2. The number of benzene rings is 3. The van der Waals surface area contributed by atoms with Gasteiger partial charge in [0, 0.05) is 11.6 Å². The van der Waals surface area contributed by atoms with Crippen LogP contribution in [-0.4, -0.2) is 44.5 Å². The van der Waals surface area contributed by atoms with Crippen LogP contribution in [0.25, 0.3) is 0 Å². The maximum atomic E-state index is 13.6. The average molecular weight is 478 g/mol. The number of nitrogens with zero attached hydrogens (tertiary/aromatic N) is 3. The van der Waals surface area contributed by atoms with Gasteiger partial charge in [-0.05, 0) is 25.1 Å². The second-order valence-electron chi connectivity index (χ2n) is 7.41. The summed E-state index contributed by atoms with van der Waals surface area (Å²) in [6.07, 6.45) is 0. The summed E-state index contributed by atoms with van der Waals surface area (Å²) in [6.45, 7) is 1.36. The number of rotatable bonds is 6. The Morgan fingerprint density at radius 2 is 1.59 bits per heavy atom. The predicted molar refractivity (Wildman–Crippen MR) is 121 cm³/mol. The van der Waals surface area contributed by atoms with E-state index in [1.807, 2.05) is 0 Å². The van der Waals surface area contributed by atoms with E-state index < -0.39 is 45.7 Å². The van der Waals surface area contributed by atoms with Gasteiger partial charge in [0.1, 0.15) is 11.6 Å². The van der Waals surface area contributed by atoms with Gasteiger partial charge in [-0.15, -0.1) is 0 Å². The lowest BCUT2D eigenvalue weighted by molar-refractivity contribution is -0.385. The highest BCUT2D eigenvalue weighted by molar-refractivity contribution is 6.34. The molecule has 1 aliphatic rings. The van der Waals surface area contributed by atoms with E-state index in [0.29, 0.717) is 10.0 Å². The molecule has 0 aromatic heterocycles. The van der Waals surface area contributed by atoms with Gasteiger partial charge < -0.3 is 0 Å². The summed E-state index contributed by atoms with van der Waals surface area (Å²) in [4.78, 5) is 64.1. The molecule has 170 valence electrons. The summed E-state index contributed by atoms with van der Waals surface area (Å²) < 4.78 is 0. The molecule has 1 atom stereocenters. The number of fused-ring (bicyclic) bond motifs is 1. The number of amides is 3. The van der Waals surface area contributed by atoms with Crippen molar-refractivity contribution in [2.75, 3.05) is 0 Å². The fourth-order valence-corrected chi connectivity index (χ4v) is 3.97. The van der Waals surface area contributed by atoms with E-state index in [0.717, 1.165) is 6.07 Å². The number of hydrazine groups is 1. The Balaban J connectivity index is 1.86. The van der Waals surface area contributed by atoms with E-state index in [1.165, 1.54) is 49.4 Å². The molecule has 0 unspecified atom stereocenters. The fourth-order valence-electron chi connectivity index (χ4n) is 3.76. The summed E-state index contributed by atoms with van der Waals surface area (Å²) in [5.74, 6) is -3.48.